The highest BCUT2D eigenvalue weighted by atomic mass is 32.2. The van der Waals surface area contributed by atoms with Crippen molar-refractivity contribution >= 4 is 11.8 Å². The summed E-state index contributed by atoms with van der Waals surface area (Å²) < 4.78 is 11.4. The summed E-state index contributed by atoms with van der Waals surface area (Å²) in [6.07, 6.45) is 3.05. The largest absolute Gasteiger partial charge is 0.493 e. The van der Waals surface area contributed by atoms with Crippen LogP contribution in [-0.2, 0) is 0 Å². The fourth-order valence-electron chi connectivity index (χ4n) is 1.67. The molecule has 0 fully saturated rings. The van der Waals surface area contributed by atoms with Crippen molar-refractivity contribution in [2.45, 2.75) is 31.4 Å². The van der Waals surface area contributed by atoms with E-state index in [9.17, 15) is 0 Å². The first kappa shape index (κ1) is 15.7. The number of ether oxygens (including phenoxy) is 2. The lowest BCUT2D eigenvalue weighted by molar-refractivity contribution is 0.217. The van der Waals surface area contributed by atoms with Gasteiger partial charge < -0.3 is 9.47 Å². The molecule has 2 aromatic rings. The van der Waals surface area contributed by atoms with Crippen molar-refractivity contribution in [3.63, 3.8) is 0 Å². The predicted octanol–water partition coefficient (Wildman–Crippen LogP) is 4.43. The third-order valence-electron chi connectivity index (χ3n) is 2.98. The van der Waals surface area contributed by atoms with Gasteiger partial charge in [0, 0.05) is 11.9 Å². The summed E-state index contributed by atoms with van der Waals surface area (Å²) in [6, 6.07) is 13.7. The molecule has 1 unspecified atom stereocenters. The van der Waals surface area contributed by atoms with Crippen LogP contribution in [0.3, 0.4) is 0 Å². The third kappa shape index (κ3) is 5.68. The second-order valence-corrected chi connectivity index (χ2v) is 5.79. The van der Waals surface area contributed by atoms with Gasteiger partial charge in [-0.25, -0.2) is 4.98 Å². The molecule has 0 saturated carbocycles. The van der Waals surface area contributed by atoms with Crippen molar-refractivity contribution in [1.29, 1.82) is 0 Å². The summed E-state index contributed by atoms with van der Waals surface area (Å²) in [5, 5.41) is 1.03. The van der Waals surface area contributed by atoms with E-state index in [1.807, 2.05) is 42.5 Å². The molecule has 3 nitrogen and oxygen atoms in total. The maximum absolute atomic E-state index is 5.73. The second kappa shape index (κ2) is 8.57. The first-order valence-electron chi connectivity index (χ1n) is 7.21. The first-order chi connectivity index (χ1) is 10.3. The summed E-state index contributed by atoms with van der Waals surface area (Å²) in [5.41, 5.74) is 0. The molecule has 0 aliphatic rings. The van der Waals surface area contributed by atoms with Crippen molar-refractivity contribution < 1.29 is 9.47 Å². The number of hydrogen-bond acceptors (Lipinski definition) is 4. The summed E-state index contributed by atoms with van der Waals surface area (Å²) >= 11 is 1.69. The molecule has 0 spiro atoms. The molecular weight excluding hydrogens is 282 g/mol. The number of hydrogen-bond donors (Lipinski definition) is 0. The van der Waals surface area contributed by atoms with Crippen LogP contribution in [0.1, 0.15) is 20.3 Å². The first-order valence-corrected chi connectivity index (χ1v) is 8.20. The maximum atomic E-state index is 5.73. The average Bonchev–Trinajstić information content (AvgIpc) is 2.54. The van der Waals surface area contributed by atoms with Crippen LogP contribution in [0.15, 0.2) is 53.7 Å². The Morgan fingerprint density at radius 2 is 1.86 bits per heavy atom. The van der Waals surface area contributed by atoms with E-state index in [1.54, 1.807) is 18.0 Å². The van der Waals surface area contributed by atoms with Gasteiger partial charge in [-0.1, -0.05) is 13.0 Å². The fourth-order valence-corrected chi connectivity index (χ4v) is 2.35. The van der Waals surface area contributed by atoms with Crippen LogP contribution in [0, 0.1) is 0 Å². The van der Waals surface area contributed by atoms with Crippen LogP contribution >= 0.6 is 11.8 Å². The van der Waals surface area contributed by atoms with Crippen LogP contribution < -0.4 is 9.47 Å². The van der Waals surface area contributed by atoms with Gasteiger partial charge in [-0.15, -0.1) is 11.8 Å². The molecular formula is C17H21NO2S. The van der Waals surface area contributed by atoms with Gasteiger partial charge in [0.15, 0.2) is 0 Å². The van der Waals surface area contributed by atoms with E-state index in [2.05, 4.69) is 18.8 Å². The topological polar surface area (TPSA) is 31.4 Å². The number of benzene rings is 1. The van der Waals surface area contributed by atoms with Crippen molar-refractivity contribution in [2.24, 2.45) is 0 Å². The Bertz CT molecular complexity index is 516. The van der Waals surface area contributed by atoms with E-state index in [1.165, 1.54) is 0 Å². The van der Waals surface area contributed by atoms with Crippen LogP contribution in [0.5, 0.6) is 11.5 Å². The molecule has 0 saturated heterocycles. The minimum Gasteiger partial charge on any atom is -0.493 e. The molecule has 0 aliphatic carbocycles. The summed E-state index contributed by atoms with van der Waals surface area (Å²) in [4.78, 5) is 4.26. The molecule has 1 aromatic heterocycles. The van der Waals surface area contributed by atoms with Crippen LogP contribution in [0.4, 0.5) is 0 Å². The fraction of sp³-hybridized carbons (Fsp3) is 0.353. The summed E-state index contributed by atoms with van der Waals surface area (Å²) in [7, 11) is 0. The average molecular weight is 303 g/mol. The maximum Gasteiger partial charge on any atom is 0.119 e. The van der Waals surface area contributed by atoms with E-state index in [4.69, 9.17) is 9.47 Å². The zero-order valence-corrected chi connectivity index (χ0v) is 13.3. The summed E-state index contributed by atoms with van der Waals surface area (Å²) in [5.74, 6) is 2.63. The highest BCUT2D eigenvalue weighted by Crippen LogP contribution is 2.20. The van der Waals surface area contributed by atoms with E-state index in [-0.39, 0.29) is 6.10 Å². The molecule has 0 amide bonds. The van der Waals surface area contributed by atoms with Gasteiger partial charge in [-0.3, -0.25) is 0 Å². The molecule has 0 radical (unpaired) electrons. The Balaban J connectivity index is 1.71. The van der Waals surface area contributed by atoms with E-state index in [0.717, 1.165) is 28.7 Å². The molecule has 2 rings (SSSR count). The lowest BCUT2D eigenvalue weighted by atomic mass is 10.3. The molecule has 4 heteroatoms. The van der Waals surface area contributed by atoms with Gasteiger partial charge in [-0.05, 0) is 49.7 Å². The van der Waals surface area contributed by atoms with Crippen LogP contribution in [-0.4, -0.2) is 23.4 Å². The zero-order chi connectivity index (χ0) is 14.9. The van der Waals surface area contributed by atoms with Crippen molar-refractivity contribution in [3.8, 4) is 11.5 Å². The van der Waals surface area contributed by atoms with Gasteiger partial charge >= 0.3 is 0 Å². The van der Waals surface area contributed by atoms with Crippen LogP contribution in [0.2, 0.25) is 0 Å². The molecule has 0 N–H and O–H groups in total. The Kier molecular flexibility index (Phi) is 6.41. The normalized spacial score (nSPS) is 11.9. The number of pyridine rings is 1. The molecule has 1 atom stereocenters. The molecule has 1 aromatic carbocycles. The van der Waals surface area contributed by atoms with E-state index < -0.39 is 0 Å². The predicted molar refractivity (Wildman–Crippen MR) is 87.3 cm³/mol. The molecule has 21 heavy (non-hydrogen) atoms. The Hall–Kier alpha value is -1.68. The molecule has 112 valence electrons. The smallest absolute Gasteiger partial charge is 0.119 e. The Morgan fingerprint density at radius 1 is 1.10 bits per heavy atom. The molecule has 0 aliphatic heterocycles. The van der Waals surface area contributed by atoms with Gasteiger partial charge in [0.05, 0.1) is 17.7 Å². The number of nitrogens with zero attached hydrogens (tertiary/aromatic N) is 1. The quantitative estimate of drug-likeness (QED) is 0.533. The third-order valence-corrected chi connectivity index (χ3v) is 3.88. The minimum atomic E-state index is 0.242. The van der Waals surface area contributed by atoms with E-state index in [0.29, 0.717) is 6.61 Å². The minimum absolute atomic E-state index is 0.242. The van der Waals surface area contributed by atoms with Gasteiger partial charge in [0.1, 0.15) is 11.5 Å². The highest BCUT2D eigenvalue weighted by Gasteiger charge is 2.01. The Morgan fingerprint density at radius 3 is 2.52 bits per heavy atom. The number of aromatic nitrogens is 1. The number of rotatable bonds is 8. The molecule has 1 heterocycles. The number of thioether (sulfide) groups is 1. The van der Waals surface area contributed by atoms with Gasteiger partial charge in [-0.2, -0.15) is 0 Å². The van der Waals surface area contributed by atoms with Crippen LogP contribution in [0.25, 0.3) is 0 Å². The lowest BCUT2D eigenvalue weighted by Crippen LogP contribution is -2.09. The zero-order valence-electron chi connectivity index (χ0n) is 12.5. The summed E-state index contributed by atoms with van der Waals surface area (Å²) in [6.45, 7) is 4.84. The van der Waals surface area contributed by atoms with E-state index >= 15 is 0 Å². The highest BCUT2D eigenvalue weighted by molar-refractivity contribution is 7.99. The van der Waals surface area contributed by atoms with Crippen molar-refractivity contribution in [3.05, 3.63) is 48.7 Å². The monoisotopic (exact) mass is 303 g/mol. The van der Waals surface area contributed by atoms with Crippen molar-refractivity contribution in [2.75, 3.05) is 12.4 Å². The Labute approximate surface area is 130 Å². The second-order valence-electron chi connectivity index (χ2n) is 4.67. The molecule has 0 bridgehead atoms. The van der Waals surface area contributed by atoms with Crippen molar-refractivity contribution in [1.82, 2.24) is 4.98 Å². The SMILES string of the molecule is CCC(C)Oc1ccc(OCCSc2ccccn2)cc1. The van der Waals surface area contributed by atoms with Gasteiger partial charge in [0.25, 0.3) is 0 Å². The lowest BCUT2D eigenvalue weighted by Gasteiger charge is -2.13. The standard InChI is InChI=1S/C17H21NO2S/c1-3-14(2)20-16-9-7-15(8-10-16)19-12-13-21-17-6-4-5-11-18-17/h4-11,14H,3,12-13H2,1-2H3. The van der Waals surface area contributed by atoms with Gasteiger partial charge in [0.2, 0.25) is 0 Å².